The van der Waals surface area contributed by atoms with Crippen molar-refractivity contribution in [1.29, 1.82) is 0 Å². The second-order valence-electron chi connectivity index (χ2n) is 2.08. The van der Waals surface area contributed by atoms with E-state index in [1.165, 1.54) is 0 Å². The van der Waals surface area contributed by atoms with E-state index in [4.69, 9.17) is 0 Å². The molecule has 1 N–H and O–H groups in total. The van der Waals surface area contributed by atoms with E-state index >= 15 is 0 Å². The van der Waals surface area contributed by atoms with Crippen molar-refractivity contribution in [3.63, 3.8) is 0 Å². The van der Waals surface area contributed by atoms with Crippen LogP contribution in [0.5, 0.6) is 0 Å². The maximum absolute atomic E-state index is 3.97. The van der Waals surface area contributed by atoms with Gasteiger partial charge in [0.2, 0.25) is 0 Å². The highest BCUT2D eigenvalue weighted by molar-refractivity contribution is 4.59. The fraction of sp³-hybridized carbons (Fsp3) is 0.667. The van der Waals surface area contributed by atoms with Crippen molar-refractivity contribution in [3.05, 3.63) is 12.4 Å². The summed E-state index contributed by atoms with van der Waals surface area (Å²) in [5.41, 5.74) is 0. The highest BCUT2D eigenvalue weighted by atomic mass is 15.5. The Morgan fingerprint density at radius 2 is 2.10 bits per heavy atom. The van der Waals surface area contributed by atoms with Gasteiger partial charge in [-0.05, 0) is 20.0 Å². The van der Waals surface area contributed by atoms with Crippen molar-refractivity contribution >= 4 is 0 Å². The molecule has 4 heteroatoms. The average Bonchev–Trinajstić information content (AvgIpc) is 2.41. The number of nitrogens with one attached hydrogen (secondary N) is 1. The Balaban J connectivity index is 2.15. The molecular formula is C6H12N4. The molecule has 0 saturated carbocycles. The minimum absolute atomic E-state index is 0.897. The van der Waals surface area contributed by atoms with Gasteiger partial charge in [0.05, 0.1) is 18.9 Å². The normalized spacial score (nSPS) is 10.1. The number of hydrogen-bond acceptors (Lipinski definition) is 3. The zero-order valence-electron chi connectivity index (χ0n) is 6.12. The Hall–Kier alpha value is -0.900. The van der Waals surface area contributed by atoms with Gasteiger partial charge < -0.3 is 5.32 Å². The Morgan fingerprint density at radius 3 is 2.70 bits per heavy atom. The molecule has 0 radical (unpaired) electrons. The third-order valence-electron chi connectivity index (χ3n) is 1.25. The molecule has 0 aliphatic heterocycles. The largest absolute Gasteiger partial charge is 0.320 e. The van der Waals surface area contributed by atoms with Crippen LogP contribution in [0.1, 0.15) is 6.42 Å². The van der Waals surface area contributed by atoms with Gasteiger partial charge in [0.1, 0.15) is 0 Å². The van der Waals surface area contributed by atoms with Crippen LogP contribution in [0, 0.1) is 0 Å². The van der Waals surface area contributed by atoms with Crippen molar-refractivity contribution in [2.75, 3.05) is 13.6 Å². The molecule has 0 fully saturated rings. The monoisotopic (exact) mass is 140 g/mol. The summed E-state index contributed by atoms with van der Waals surface area (Å²) < 4.78 is 0. The lowest BCUT2D eigenvalue weighted by molar-refractivity contribution is 0.504. The van der Waals surface area contributed by atoms with Gasteiger partial charge in [0, 0.05) is 0 Å². The van der Waals surface area contributed by atoms with Crippen LogP contribution in [-0.4, -0.2) is 28.6 Å². The third kappa shape index (κ3) is 2.14. The second kappa shape index (κ2) is 4.00. The van der Waals surface area contributed by atoms with E-state index in [1.807, 2.05) is 7.05 Å². The lowest BCUT2D eigenvalue weighted by Crippen LogP contribution is -2.12. The van der Waals surface area contributed by atoms with Crippen LogP contribution in [0.25, 0.3) is 0 Å². The van der Waals surface area contributed by atoms with Crippen molar-refractivity contribution in [2.24, 2.45) is 0 Å². The Morgan fingerprint density at radius 1 is 1.40 bits per heavy atom. The molecular weight excluding hydrogens is 128 g/mol. The first-order valence-corrected chi connectivity index (χ1v) is 3.42. The summed E-state index contributed by atoms with van der Waals surface area (Å²) in [5, 5.41) is 11.0. The lowest BCUT2D eigenvalue weighted by atomic mass is 10.4. The summed E-state index contributed by atoms with van der Waals surface area (Å²) in [6.45, 7) is 1.91. The predicted molar refractivity (Wildman–Crippen MR) is 38.6 cm³/mol. The Kier molecular flexibility index (Phi) is 2.89. The van der Waals surface area contributed by atoms with Gasteiger partial charge in [0.15, 0.2) is 0 Å². The van der Waals surface area contributed by atoms with Crippen LogP contribution in [-0.2, 0) is 6.54 Å². The van der Waals surface area contributed by atoms with Crippen molar-refractivity contribution in [3.8, 4) is 0 Å². The first-order valence-electron chi connectivity index (χ1n) is 3.42. The van der Waals surface area contributed by atoms with Crippen LogP contribution in [0.4, 0.5) is 0 Å². The molecule has 0 aromatic carbocycles. The van der Waals surface area contributed by atoms with Crippen LogP contribution in [0.15, 0.2) is 12.4 Å². The average molecular weight is 140 g/mol. The lowest BCUT2D eigenvalue weighted by Gasteiger charge is -1.97. The highest BCUT2D eigenvalue weighted by Gasteiger charge is 1.88. The fourth-order valence-corrected chi connectivity index (χ4v) is 0.756. The summed E-state index contributed by atoms with van der Waals surface area (Å²) in [7, 11) is 1.94. The minimum atomic E-state index is 0.897. The summed E-state index contributed by atoms with van der Waals surface area (Å²) >= 11 is 0. The number of rotatable bonds is 4. The summed E-state index contributed by atoms with van der Waals surface area (Å²) in [6, 6.07) is 0. The van der Waals surface area contributed by atoms with E-state index in [0.29, 0.717) is 0 Å². The van der Waals surface area contributed by atoms with Gasteiger partial charge in [-0.25, -0.2) is 0 Å². The maximum atomic E-state index is 3.97. The number of nitrogens with zero attached hydrogens (tertiary/aromatic N) is 3. The smallest absolute Gasteiger partial charge is 0.0693 e. The Labute approximate surface area is 60.2 Å². The first-order chi connectivity index (χ1) is 4.93. The summed E-state index contributed by atoms with van der Waals surface area (Å²) in [5.74, 6) is 0. The molecule has 0 aliphatic rings. The van der Waals surface area contributed by atoms with Gasteiger partial charge in [-0.3, -0.25) is 0 Å². The molecule has 1 aromatic rings. The zero-order chi connectivity index (χ0) is 7.23. The van der Waals surface area contributed by atoms with Crippen molar-refractivity contribution in [1.82, 2.24) is 20.3 Å². The van der Waals surface area contributed by atoms with Gasteiger partial charge >= 0.3 is 0 Å². The molecule has 0 spiro atoms. The molecule has 4 nitrogen and oxygen atoms in total. The quantitative estimate of drug-likeness (QED) is 0.593. The van der Waals surface area contributed by atoms with Crippen LogP contribution >= 0.6 is 0 Å². The summed E-state index contributed by atoms with van der Waals surface area (Å²) in [6.07, 6.45) is 4.46. The molecule has 56 valence electrons. The van der Waals surface area contributed by atoms with Crippen LogP contribution < -0.4 is 5.32 Å². The molecule has 0 saturated heterocycles. The van der Waals surface area contributed by atoms with Gasteiger partial charge in [-0.1, -0.05) is 0 Å². The number of aromatic nitrogens is 3. The minimum Gasteiger partial charge on any atom is -0.320 e. The van der Waals surface area contributed by atoms with E-state index in [0.717, 1.165) is 19.5 Å². The predicted octanol–water partition coefficient (Wildman–Crippen LogP) is -0.112. The van der Waals surface area contributed by atoms with Gasteiger partial charge in [-0.15, -0.1) is 0 Å². The van der Waals surface area contributed by atoms with E-state index in [1.54, 1.807) is 17.2 Å². The summed E-state index contributed by atoms with van der Waals surface area (Å²) in [4.78, 5) is 1.69. The van der Waals surface area contributed by atoms with E-state index in [-0.39, 0.29) is 0 Å². The van der Waals surface area contributed by atoms with Crippen LogP contribution in [0.2, 0.25) is 0 Å². The first kappa shape index (κ1) is 7.21. The maximum Gasteiger partial charge on any atom is 0.0693 e. The molecule has 1 aromatic heterocycles. The molecule has 0 amide bonds. The number of hydrogen-bond donors (Lipinski definition) is 1. The SMILES string of the molecule is CNCCCn1nccn1. The third-order valence-corrected chi connectivity index (χ3v) is 1.25. The zero-order valence-corrected chi connectivity index (χ0v) is 6.12. The standard InChI is InChI=1S/C6H12N4/c1-7-3-2-6-10-8-4-5-9-10/h4-5,7H,2-3,6H2,1H3. The second-order valence-corrected chi connectivity index (χ2v) is 2.08. The molecule has 10 heavy (non-hydrogen) atoms. The molecule has 0 unspecified atom stereocenters. The van der Waals surface area contributed by atoms with Gasteiger partial charge in [-0.2, -0.15) is 15.0 Å². The number of aryl methyl sites for hydroxylation is 1. The van der Waals surface area contributed by atoms with E-state index in [9.17, 15) is 0 Å². The van der Waals surface area contributed by atoms with Crippen molar-refractivity contribution in [2.45, 2.75) is 13.0 Å². The Bertz CT molecular complexity index is 158. The molecule has 1 rings (SSSR count). The van der Waals surface area contributed by atoms with E-state index in [2.05, 4.69) is 15.5 Å². The molecule has 0 atom stereocenters. The van der Waals surface area contributed by atoms with Gasteiger partial charge in [0.25, 0.3) is 0 Å². The van der Waals surface area contributed by atoms with Crippen LogP contribution in [0.3, 0.4) is 0 Å². The van der Waals surface area contributed by atoms with E-state index < -0.39 is 0 Å². The van der Waals surface area contributed by atoms with Crippen molar-refractivity contribution < 1.29 is 0 Å². The highest BCUT2D eigenvalue weighted by Crippen LogP contribution is 1.82. The molecule has 1 heterocycles. The topological polar surface area (TPSA) is 42.7 Å². The fourth-order valence-electron chi connectivity index (χ4n) is 0.756. The molecule has 0 bridgehead atoms. The molecule has 0 aliphatic carbocycles.